The van der Waals surface area contributed by atoms with Gasteiger partial charge in [0.05, 0.1) is 18.3 Å². The van der Waals surface area contributed by atoms with Gasteiger partial charge in [-0.1, -0.05) is 5.21 Å². The molecule has 16 heavy (non-hydrogen) atoms. The van der Waals surface area contributed by atoms with E-state index in [9.17, 15) is 9.90 Å². The van der Waals surface area contributed by atoms with E-state index in [1.54, 1.807) is 38.0 Å². The Hall–Kier alpha value is -1.43. The number of carbonyl (C=O) groups is 1. The fourth-order valence-corrected chi connectivity index (χ4v) is 1.42. The smallest absolute Gasteiger partial charge is 0.224 e. The molecule has 0 unspecified atom stereocenters. The lowest BCUT2D eigenvalue weighted by Gasteiger charge is -2.25. The fraction of sp³-hybridized carbons (Fsp3) is 0.700. The average molecular weight is 226 g/mol. The van der Waals surface area contributed by atoms with Crippen LogP contribution in [0.25, 0.3) is 0 Å². The first-order chi connectivity index (χ1) is 7.38. The highest BCUT2D eigenvalue weighted by molar-refractivity contribution is 5.75. The molecule has 0 saturated heterocycles. The van der Waals surface area contributed by atoms with Crippen LogP contribution < -0.4 is 0 Å². The summed E-state index contributed by atoms with van der Waals surface area (Å²) in [5.74, 6) is -0.0161. The lowest BCUT2D eigenvalue weighted by atomic mass is 10.1. The van der Waals surface area contributed by atoms with E-state index in [-0.39, 0.29) is 5.91 Å². The van der Waals surface area contributed by atoms with Crippen molar-refractivity contribution in [2.24, 2.45) is 0 Å². The van der Waals surface area contributed by atoms with Gasteiger partial charge in [0.25, 0.3) is 0 Å². The standard InChI is InChI=1S/C10H18N4O2/c1-10(2,16)8-13(3)9(15)4-6-14-7-5-11-12-14/h5,7,16H,4,6,8H2,1-3H3. The number of likely N-dealkylation sites (N-methyl/N-ethyl adjacent to an activating group) is 1. The molecule has 1 rings (SSSR count). The number of hydrogen-bond donors (Lipinski definition) is 1. The van der Waals surface area contributed by atoms with Crippen LogP contribution in [0.3, 0.4) is 0 Å². The van der Waals surface area contributed by atoms with E-state index in [0.717, 1.165) is 0 Å². The molecular weight excluding hydrogens is 208 g/mol. The monoisotopic (exact) mass is 226 g/mol. The molecule has 1 aromatic rings. The molecule has 1 amide bonds. The first kappa shape index (κ1) is 12.6. The van der Waals surface area contributed by atoms with E-state index in [1.165, 1.54) is 4.90 Å². The number of nitrogens with zero attached hydrogens (tertiary/aromatic N) is 4. The van der Waals surface area contributed by atoms with Crippen LogP contribution in [0.4, 0.5) is 0 Å². The Kier molecular flexibility index (Phi) is 4.00. The summed E-state index contributed by atoms with van der Waals surface area (Å²) >= 11 is 0. The summed E-state index contributed by atoms with van der Waals surface area (Å²) < 4.78 is 1.61. The lowest BCUT2D eigenvalue weighted by Crippen LogP contribution is -2.39. The third-order valence-electron chi connectivity index (χ3n) is 2.08. The van der Waals surface area contributed by atoms with Gasteiger partial charge in [0.1, 0.15) is 0 Å². The highest BCUT2D eigenvalue weighted by Crippen LogP contribution is 2.04. The number of carbonyl (C=O) groups excluding carboxylic acids is 1. The molecule has 0 aromatic carbocycles. The molecule has 1 N–H and O–H groups in total. The van der Waals surface area contributed by atoms with Crippen molar-refractivity contribution in [2.75, 3.05) is 13.6 Å². The molecule has 0 atom stereocenters. The van der Waals surface area contributed by atoms with Gasteiger partial charge in [0, 0.05) is 26.2 Å². The summed E-state index contributed by atoms with van der Waals surface area (Å²) in [6.07, 6.45) is 3.64. The summed E-state index contributed by atoms with van der Waals surface area (Å²) in [6, 6.07) is 0. The number of amides is 1. The molecule has 0 fully saturated rings. The predicted molar refractivity (Wildman–Crippen MR) is 58.6 cm³/mol. The van der Waals surface area contributed by atoms with Crippen LogP contribution in [-0.4, -0.2) is 50.1 Å². The summed E-state index contributed by atoms with van der Waals surface area (Å²) in [6.45, 7) is 4.18. The van der Waals surface area contributed by atoms with Gasteiger partial charge in [-0.2, -0.15) is 0 Å². The molecule has 0 aliphatic rings. The molecule has 90 valence electrons. The molecule has 0 radical (unpaired) electrons. The van der Waals surface area contributed by atoms with E-state index in [2.05, 4.69) is 10.3 Å². The van der Waals surface area contributed by atoms with Crippen molar-refractivity contribution in [3.63, 3.8) is 0 Å². The first-order valence-electron chi connectivity index (χ1n) is 5.19. The van der Waals surface area contributed by atoms with Gasteiger partial charge in [-0.05, 0) is 13.8 Å². The Balaban J connectivity index is 2.35. The SMILES string of the molecule is CN(CC(C)(C)O)C(=O)CCn1ccnn1. The second-order valence-corrected chi connectivity index (χ2v) is 4.48. The largest absolute Gasteiger partial charge is 0.389 e. The number of hydrogen-bond acceptors (Lipinski definition) is 4. The van der Waals surface area contributed by atoms with Crippen LogP contribution in [0.2, 0.25) is 0 Å². The van der Waals surface area contributed by atoms with Gasteiger partial charge in [-0.15, -0.1) is 5.10 Å². The zero-order valence-electron chi connectivity index (χ0n) is 9.92. The Morgan fingerprint density at radius 1 is 1.56 bits per heavy atom. The Morgan fingerprint density at radius 3 is 2.75 bits per heavy atom. The second-order valence-electron chi connectivity index (χ2n) is 4.48. The van der Waals surface area contributed by atoms with Crippen molar-refractivity contribution in [1.29, 1.82) is 0 Å². The summed E-state index contributed by atoms with van der Waals surface area (Å²) in [5.41, 5.74) is -0.863. The second kappa shape index (κ2) is 5.07. The van der Waals surface area contributed by atoms with Gasteiger partial charge in [0.15, 0.2) is 0 Å². The minimum absolute atomic E-state index is 0.0161. The Labute approximate surface area is 94.9 Å². The van der Waals surface area contributed by atoms with E-state index in [1.807, 2.05) is 0 Å². The minimum atomic E-state index is -0.863. The van der Waals surface area contributed by atoms with E-state index in [4.69, 9.17) is 0 Å². The maximum atomic E-state index is 11.7. The van der Waals surface area contributed by atoms with Crippen molar-refractivity contribution in [3.8, 4) is 0 Å². The first-order valence-corrected chi connectivity index (χ1v) is 5.19. The maximum absolute atomic E-state index is 11.7. The minimum Gasteiger partial charge on any atom is -0.389 e. The van der Waals surface area contributed by atoms with Gasteiger partial charge >= 0.3 is 0 Å². The highest BCUT2D eigenvalue weighted by Gasteiger charge is 2.18. The summed E-state index contributed by atoms with van der Waals surface area (Å²) in [4.78, 5) is 13.2. The molecule has 0 spiro atoms. The Morgan fingerprint density at radius 2 is 2.25 bits per heavy atom. The van der Waals surface area contributed by atoms with Crippen LogP contribution in [0.1, 0.15) is 20.3 Å². The van der Waals surface area contributed by atoms with Crippen LogP contribution in [0.15, 0.2) is 12.4 Å². The lowest BCUT2D eigenvalue weighted by molar-refractivity contribution is -0.132. The Bertz CT molecular complexity index is 329. The number of aryl methyl sites for hydroxylation is 1. The number of aliphatic hydroxyl groups is 1. The summed E-state index contributed by atoms with van der Waals surface area (Å²) in [5, 5.41) is 17.0. The van der Waals surface area contributed by atoms with E-state index in [0.29, 0.717) is 19.5 Å². The molecule has 6 nitrogen and oxygen atoms in total. The normalized spacial score (nSPS) is 11.5. The van der Waals surface area contributed by atoms with Crippen molar-refractivity contribution in [1.82, 2.24) is 19.9 Å². The third kappa shape index (κ3) is 4.39. The molecular formula is C10H18N4O2. The molecule has 6 heteroatoms. The van der Waals surface area contributed by atoms with Crippen LogP contribution in [0, 0.1) is 0 Å². The van der Waals surface area contributed by atoms with Crippen molar-refractivity contribution in [3.05, 3.63) is 12.4 Å². The quantitative estimate of drug-likeness (QED) is 0.761. The van der Waals surface area contributed by atoms with Gasteiger partial charge in [0.2, 0.25) is 5.91 Å². The molecule has 0 bridgehead atoms. The third-order valence-corrected chi connectivity index (χ3v) is 2.08. The van der Waals surface area contributed by atoms with Crippen molar-refractivity contribution in [2.45, 2.75) is 32.4 Å². The summed E-state index contributed by atoms with van der Waals surface area (Å²) in [7, 11) is 1.68. The molecule has 0 aliphatic heterocycles. The number of aromatic nitrogens is 3. The maximum Gasteiger partial charge on any atom is 0.224 e. The van der Waals surface area contributed by atoms with E-state index < -0.39 is 5.60 Å². The molecule has 0 saturated carbocycles. The highest BCUT2D eigenvalue weighted by atomic mass is 16.3. The zero-order chi connectivity index (χ0) is 12.2. The molecule has 1 heterocycles. The molecule has 0 aliphatic carbocycles. The van der Waals surface area contributed by atoms with E-state index >= 15 is 0 Å². The van der Waals surface area contributed by atoms with Crippen LogP contribution >= 0.6 is 0 Å². The average Bonchev–Trinajstić information content (AvgIpc) is 2.63. The predicted octanol–water partition coefficient (Wildman–Crippen LogP) is -0.103. The van der Waals surface area contributed by atoms with Gasteiger partial charge in [-0.25, -0.2) is 0 Å². The van der Waals surface area contributed by atoms with Crippen molar-refractivity contribution < 1.29 is 9.90 Å². The number of rotatable bonds is 5. The molecule has 1 aromatic heterocycles. The topological polar surface area (TPSA) is 71.2 Å². The van der Waals surface area contributed by atoms with Gasteiger partial charge in [-0.3, -0.25) is 9.48 Å². The van der Waals surface area contributed by atoms with Crippen LogP contribution in [0.5, 0.6) is 0 Å². The van der Waals surface area contributed by atoms with Crippen LogP contribution in [-0.2, 0) is 11.3 Å². The fourth-order valence-electron chi connectivity index (χ4n) is 1.42. The van der Waals surface area contributed by atoms with Crippen molar-refractivity contribution >= 4 is 5.91 Å². The zero-order valence-corrected chi connectivity index (χ0v) is 9.92. The van der Waals surface area contributed by atoms with Gasteiger partial charge < -0.3 is 10.0 Å².